The highest BCUT2D eigenvalue weighted by Gasteiger charge is 2.19. The minimum atomic E-state index is 0.644. The number of aromatic nitrogens is 1. The van der Waals surface area contributed by atoms with E-state index in [0.717, 1.165) is 42.6 Å². The maximum atomic E-state index is 5.95. The van der Waals surface area contributed by atoms with Crippen molar-refractivity contribution in [3.05, 3.63) is 59.4 Å². The molecule has 0 aliphatic carbocycles. The Morgan fingerprint density at radius 2 is 1.84 bits per heavy atom. The molecule has 2 aromatic rings. The van der Waals surface area contributed by atoms with Crippen LogP contribution in [0.4, 0.5) is 5.69 Å². The number of hydrogen-bond donors (Lipinski definition) is 1. The highest BCUT2D eigenvalue weighted by molar-refractivity contribution is 7.80. The molecule has 1 N–H and O–H groups in total. The lowest BCUT2D eigenvalue weighted by molar-refractivity contribution is 0.381. The van der Waals surface area contributed by atoms with Gasteiger partial charge in [-0.1, -0.05) is 17.7 Å². The molecular formula is C18H20ClN5S. The summed E-state index contributed by atoms with van der Waals surface area (Å²) >= 11 is 11.4. The molecule has 0 radical (unpaired) electrons. The lowest BCUT2D eigenvalue weighted by Gasteiger charge is -2.37. The van der Waals surface area contributed by atoms with Gasteiger partial charge in [-0.2, -0.15) is 5.10 Å². The zero-order valence-corrected chi connectivity index (χ0v) is 15.6. The largest absolute Gasteiger partial charge is 0.368 e. The number of rotatable bonds is 3. The van der Waals surface area contributed by atoms with Crippen LogP contribution in [0.1, 0.15) is 12.6 Å². The van der Waals surface area contributed by atoms with Crippen LogP contribution >= 0.6 is 23.8 Å². The summed E-state index contributed by atoms with van der Waals surface area (Å²) in [6, 6.07) is 13.7. The summed E-state index contributed by atoms with van der Waals surface area (Å²) in [5.41, 5.74) is 5.82. The van der Waals surface area contributed by atoms with Crippen molar-refractivity contribution in [1.82, 2.24) is 15.3 Å². The zero-order valence-electron chi connectivity index (χ0n) is 14.0. The van der Waals surface area contributed by atoms with Gasteiger partial charge in [0, 0.05) is 43.1 Å². The standard InChI is InChI=1S/C18H20ClN5S/c1-14(17-4-2-3-9-20-17)21-22-18(25)24-12-10-23(11-13-24)16-7-5-15(19)6-8-16/h2-9H,10-13H2,1H3,(H,22,25)/b21-14+. The summed E-state index contributed by atoms with van der Waals surface area (Å²) in [6.45, 7) is 5.44. The van der Waals surface area contributed by atoms with Crippen molar-refractivity contribution in [2.45, 2.75) is 6.92 Å². The van der Waals surface area contributed by atoms with Crippen LogP contribution in [0, 0.1) is 0 Å². The lowest BCUT2D eigenvalue weighted by Crippen LogP contribution is -2.51. The number of halogens is 1. The first-order chi connectivity index (χ1) is 12.1. The van der Waals surface area contributed by atoms with Crippen molar-refractivity contribution in [2.24, 2.45) is 5.10 Å². The first kappa shape index (κ1) is 17.6. The molecule has 25 heavy (non-hydrogen) atoms. The van der Waals surface area contributed by atoms with Crippen LogP contribution in [0.3, 0.4) is 0 Å². The number of anilines is 1. The van der Waals surface area contributed by atoms with E-state index < -0.39 is 0 Å². The number of thiocarbonyl (C=S) groups is 1. The fourth-order valence-corrected chi connectivity index (χ4v) is 3.01. The van der Waals surface area contributed by atoms with Crippen molar-refractivity contribution in [3.8, 4) is 0 Å². The summed E-state index contributed by atoms with van der Waals surface area (Å²) in [5.74, 6) is 0. The van der Waals surface area contributed by atoms with Gasteiger partial charge in [-0.3, -0.25) is 10.4 Å². The number of nitrogens with one attached hydrogen (secondary N) is 1. The third-order valence-corrected chi connectivity index (χ3v) is 4.71. The Balaban J connectivity index is 1.52. The summed E-state index contributed by atoms with van der Waals surface area (Å²) in [4.78, 5) is 8.74. The van der Waals surface area contributed by atoms with Crippen LogP contribution in [0.25, 0.3) is 0 Å². The normalized spacial score (nSPS) is 15.2. The molecule has 3 rings (SSSR count). The fraction of sp³-hybridized carbons (Fsp3) is 0.278. The summed E-state index contributed by atoms with van der Waals surface area (Å²) in [5, 5.41) is 5.75. The quantitative estimate of drug-likeness (QED) is 0.508. The number of pyridine rings is 1. The molecule has 7 heteroatoms. The van der Waals surface area contributed by atoms with E-state index in [4.69, 9.17) is 23.8 Å². The van der Waals surface area contributed by atoms with Crippen LogP contribution < -0.4 is 10.3 Å². The van der Waals surface area contributed by atoms with Gasteiger partial charge in [-0.25, -0.2) is 0 Å². The summed E-state index contributed by atoms with van der Waals surface area (Å²) in [6.07, 6.45) is 1.75. The van der Waals surface area contributed by atoms with Crippen molar-refractivity contribution < 1.29 is 0 Å². The third kappa shape index (κ3) is 4.67. The molecule has 130 valence electrons. The molecular weight excluding hydrogens is 354 g/mol. The second kappa shape index (κ2) is 8.27. The van der Waals surface area contributed by atoms with Gasteiger partial charge in [0.15, 0.2) is 5.11 Å². The van der Waals surface area contributed by atoms with Gasteiger partial charge in [-0.15, -0.1) is 0 Å². The predicted octanol–water partition coefficient (Wildman–Crippen LogP) is 3.16. The van der Waals surface area contributed by atoms with Gasteiger partial charge >= 0.3 is 0 Å². The van der Waals surface area contributed by atoms with E-state index >= 15 is 0 Å². The van der Waals surface area contributed by atoms with Gasteiger partial charge in [-0.05, 0) is 55.5 Å². The Labute approximate surface area is 158 Å². The molecule has 0 spiro atoms. The van der Waals surface area contributed by atoms with Crippen molar-refractivity contribution in [2.75, 3.05) is 31.1 Å². The molecule has 5 nitrogen and oxygen atoms in total. The van der Waals surface area contributed by atoms with Crippen LogP contribution in [0.2, 0.25) is 5.02 Å². The van der Waals surface area contributed by atoms with Crippen LogP contribution in [0.5, 0.6) is 0 Å². The maximum Gasteiger partial charge on any atom is 0.189 e. The van der Waals surface area contributed by atoms with Gasteiger partial charge in [0.05, 0.1) is 11.4 Å². The van der Waals surface area contributed by atoms with E-state index in [1.54, 1.807) is 6.20 Å². The molecule has 1 aliphatic rings. The Bertz CT molecular complexity index is 740. The molecule has 1 aromatic carbocycles. The summed E-state index contributed by atoms with van der Waals surface area (Å²) in [7, 11) is 0. The minimum Gasteiger partial charge on any atom is -0.368 e. The van der Waals surface area contributed by atoms with E-state index in [0.29, 0.717) is 5.11 Å². The Morgan fingerprint density at radius 3 is 2.48 bits per heavy atom. The Morgan fingerprint density at radius 1 is 1.12 bits per heavy atom. The average Bonchev–Trinajstić information content (AvgIpc) is 2.67. The van der Waals surface area contributed by atoms with Crippen molar-refractivity contribution >= 4 is 40.3 Å². The number of hydrogen-bond acceptors (Lipinski definition) is 4. The first-order valence-corrected chi connectivity index (χ1v) is 8.93. The molecule has 0 amide bonds. The molecule has 1 aliphatic heterocycles. The van der Waals surface area contributed by atoms with Gasteiger partial charge < -0.3 is 9.80 Å². The van der Waals surface area contributed by atoms with Gasteiger partial charge in [0.2, 0.25) is 0 Å². The van der Waals surface area contributed by atoms with Crippen LogP contribution in [-0.2, 0) is 0 Å². The first-order valence-electron chi connectivity index (χ1n) is 8.14. The van der Waals surface area contributed by atoms with E-state index in [1.807, 2.05) is 37.3 Å². The van der Waals surface area contributed by atoms with Crippen LogP contribution in [-0.4, -0.2) is 46.9 Å². The lowest BCUT2D eigenvalue weighted by atomic mass is 10.2. The minimum absolute atomic E-state index is 0.644. The van der Waals surface area contributed by atoms with E-state index in [1.165, 1.54) is 5.69 Å². The van der Waals surface area contributed by atoms with Gasteiger partial charge in [0.25, 0.3) is 0 Å². The van der Waals surface area contributed by atoms with E-state index in [9.17, 15) is 0 Å². The molecule has 0 bridgehead atoms. The molecule has 0 saturated carbocycles. The monoisotopic (exact) mass is 373 g/mol. The predicted molar refractivity (Wildman–Crippen MR) is 107 cm³/mol. The molecule has 1 aromatic heterocycles. The Kier molecular flexibility index (Phi) is 5.83. The fourth-order valence-electron chi connectivity index (χ4n) is 2.66. The average molecular weight is 374 g/mol. The highest BCUT2D eigenvalue weighted by atomic mass is 35.5. The number of benzene rings is 1. The SMILES string of the molecule is C/C(=N\NC(=S)N1CCN(c2ccc(Cl)cc2)CC1)c1ccccn1. The topological polar surface area (TPSA) is 43.8 Å². The number of nitrogens with zero attached hydrogens (tertiary/aromatic N) is 4. The van der Waals surface area contributed by atoms with Crippen molar-refractivity contribution in [1.29, 1.82) is 0 Å². The molecule has 2 heterocycles. The number of piperazine rings is 1. The molecule has 1 saturated heterocycles. The second-order valence-electron chi connectivity index (χ2n) is 5.78. The smallest absolute Gasteiger partial charge is 0.189 e. The summed E-state index contributed by atoms with van der Waals surface area (Å²) < 4.78 is 0. The van der Waals surface area contributed by atoms with Gasteiger partial charge in [0.1, 0.15) is 0 Å². The maximum absolute atomic E-state index is 5.95. The molecule has 0 atom stereocenters. The van der Waals surface area contributed by atoms with E-state index in [2.05, 4.69) is 37.4 Å². The highest BCUT2D eigenvalue weighted by Crippen LogP contribution is 2.19. The third-order valence-electron chi connectivity index (χ3n) is 4.11. The number of hydrazone groups is 1. The van der Waals surface area contributed by atoms with Crippen molar-refractivity contribution in [3.63, 3.8) is 0 Å². The Hall–Kier alpha value is -2.18. The zero-order chi connectivity index (χ0) is 17.6. The molecule has 0 unspecified atom stereocenters. The van der Waals surface area contributed by atoms with Crippen LogP contribution in [0.15, 0.2) is 53.8 Å². The molecule has 1 fully saturated rings. The van der Waals surface area contributed by atoms with E-state index in [-0.39, 0.29) is 0 Å². The second-order valence-corrected chi connectivity index (χ2v) is 6.60.